The Labute approximate surface area is 163 Å². The van der Waals surface area contributed by atoms with Gasteiger partial charge in [-0.3, -0.25) is 0 Å². The Morgan fingerprint density at radius 2 is 1.82 bits per heavy atom. The molecule has 4 rings (SSSR count). The molecule has 0 bridgehead atoms. The number of furan rings is 1. The van der Waals surface area contributed by atoms with Gasteiger partial charge in [0.1, 0.15) is 17.3 Å². The molecule has 2 heterocycles. The van der Waals surface area contributed by atoms with E-state index < -0.39 is 0 Å². The predicted molar refractivity (Wildman–Crippen MR) is 110 cm³/mol. The van der Waals surface area contributed by atoms with Crippen LogP contribution in [-0.4, -0.2) is 17.1 Å². The third-order valence-corrected chi connectivity index (χ3v) is 4.14. The second kappa shape index (κ2) is 8.26. The van der Waals surface area contributed by atoms with E-state index in [1.54, 1.807) is 13.4 Å². The van der Waals surface area contributed by atoms with Gasteiger partial charge in [-0.15, -0.1) is 0 Å². The standard InChI is InChI=1S/C22H20N4O2/c1-27-18-10-5-9-17(13-18)24-21-14-20(16-7-3-2-4-8-16)25-22(26-21)23-15-19-11-6-12-28-19/h2-14H,15H2,1H3,(H2,23,24,25,26). The van der Waals surface area contributed by atoms with E-state index in [9.17, 15) is 0 Å². The molecule has 2 aromatic heterocycles. The minimum Gasteiger partial charge on any atom is -0.497 e. The van der Waals surface area contributed by atoms with Crippen molar-refractivity contribution >= 4 is 17.5 Å². The summed E-state index contributed by atoms with van der Waals surface area (Å²) in [5, 5.41) is 6.55. The summed E-state index contributed by atoms with van der Waals surface area (Å²) >= 11 is 0. The second-order valence-electron chi connectivity index (χ2n) is 6.12. The second-order valence-corrected chi connectivity index (χ2v) is 6.12. The predicted octanol–water partition coefficient (Wildman–Crippen LogP) is 5.10. The van der Waals surface area contributed by atoms with E-state index in [1.165, 1.54) is 0 Å². The molecular weight excluding hydrogens is 352 g/mol. The highest BCUT2D eigenvalue weighted by molar-refractivity contribution is 5.67. The number of aromatic nitrogens is 2. The zero-order chi connectivity index (χ0) is 19.2. The quantitative estimate of drug-likeness (QED) is 0.470. The normalized spacial score (nSPS) is 10.5. The molecule has 6 heteroatoms. The van der Waals surface area contributed by atoms with Gasteiger partial charge in [0.25, 0.3) is 0 Å². The van der Waals surface area contributed by atoms with E-state index in [2.05, 4.69) is 20.6 Å². The number of nitrogens with one attached hydrogen (secondary N) is 2. The van der Waals surface area contributed by atoms with Crippen LogP contribution in [0.15, 0.2) is 83.5 Å². The van der Waals surface area contributed by atoms with Crippen molar-refractivity contribution in [3.05, 3.63) is 84.8 Å². The molecule has 0 aliphatic carbocycles. The van der Waals surface area contributed by atoms with Gasteiger partial charge in [0.05, 0.1) is 25.6 Å². The van der Waals surface area contributed by atoms with E-state index in [0.29, 0.717) is 18.3 Å². The minimum absolute atomic E-state index is 0.504. The van der Waals surface area contributed by atoms with Gasteiger partial charge in [-0.1, -0.05) is 36.4 Å². The number of ether oxygens (including phenoxy) is 1. The number of rotatable bonds is 7. The van der Waals surface area contributed by atoms with Crippen LogP contribution in [-0.2, 0) is 6.54 Å². The van der Waals surface area contributed by atoms with Gasteiger partial charge in [-0.25, -0.2) is 4.98 Å². The first-order chi connectivity index (χ1) is 13.8. The lowest BCUT2D eigenvalue weighted by atomic mass is 10.1. The lowest BCUT2D eigenvalue weighted by Gasteiger charge is -2.12. The van der Waals surface area contributed by atoms with Gasteiger partial charge in [0.2, 0.25) is 5.95 Å². The van der Waals surface area contributed by atoms with Gasteiger partial charge in [-0.05, 0) is 24.3 Å². The van der Waals surface area contributed by atoms with Gasteiger partial charge in [-0.2, -0.15) is 4.98 Å². The Balaban J connectivity index is 1.64. The SMILES string of the molecule is COc1cccc(Nc2cc(-c3ccccc3)nc(NCc3ccco3)n2)c1. The van der Waals surface area contributed by atoms with Crippen LogP contribution in [0.2, 0.25) is 0 Å². The van der Waals surface area contributed by atoms with Crippen LogP contribution in [0.4, 0.5) is 17.5 Å². The topological polar surface area (TPSA) is 72.2 Å². The van der Waals surface area contributed by atoms with E-state index >= 15 is 0 Å². The maximum absolute atomic E-state index is 5.37. The molecule has 0 atom stereocenters. The molecule has 0 aliphatic rings. The molecular formula is C22H20N4O2. The van der Waals surface area contributed by atoms with E-state index in [4.69, 9.17) is 9.15 Å². The molecule has 0 amide bonds. The molecule has 28 heavy (non-hydrogen) atoms. The van der Waals surface area contributed by atoms with E-state index in [1.807, 2.05) is 72.8 Å². The van der Waals surface area contributed by atoms with Gasteiger partial charge in [0, 0.05) is 23.4 Å². The smallest absolute Gasteiger partial charge is 0.225 e. The first-order valence-corrected chi connectivity index (χ1v) is 8.92. The van der Waals surface area contributed by atoms with Crippen LogP contribution in [0, 0.1) is 0 Å². The van der Waals surface area contributed by atoms with Crippen molar-refractivity contribution in [2.75, 3.05) is 17.7 Å². The lowest BCUT2D eigenvalue weighted by Crippen LogP contribution is -2.06. The Bertz CT molecular complexity index is 1030. The monoisotopic (exact) mass is 372 g/mol. The minimum atomic E-state index is 0.504. The Morgan fingerprint density at radius 1 is 0.929 bits per heavy atom. The summed E-state index contributed by atoms with van der Waals surface area (Å²) < 4.78 is 10.7. The summed E-state index contributed by atoms with van der Waals surface area (Å²) in [5.41, 5.74) is 2.72. The number of hydrogen-bond donors (Lipinski definition) is 2. The molecule has 0 aliphatic heterocycles. The van der Waals surface area contributed by atoms with Crippen LogP contribution in [0.5, 0.6) is 5.75 Å². The lowest BCUT2D eigenvalue weighted by molar-refractivity contribution is 0.415. The van der Waals surface area contributed by atoms with Crippen molar-refractivity contribution < 1.29 is 9.15 Å². The van der Waals surface area contributed by atoms with Crippen LogP contribution in [0.25, 0.3) is 11.3 Å². The van der Waals surface area contributed by atoms with Crippen LogP contribution in [0.1, 0.15) is 5.76 Å². The van der Waals surface area contributed by atoms with Crippen molar-refractivity contribution in [2.24, 2.45) is 0 Å². The summed E-state index contributed by atoms with van der Waals surface area (Å²) in [7, 11) is 1.65. The fraction of sp³-hybridized carbons (Fsp3) is 0.0909. The zero-order valence-electron chi connectivity index (χ0n) is 15.4. The summed E-state index contributed by atoms with van der Waals surface area (Å²) in [6.45, 7) is 0.504. The third-order valence-electron chi connectivity index (χ3n) is 4.14. The third kappa shape index (κ3) is 4.29. The molecule has 2 N–H and O–H groups in total. The van der Waals surface area contributed by atoms with Crippen LogP contribution >= 0.6 is 0 Å². The fourth-order valence-electron chi connectivity index (χ4n) is 2.78. The summed E-state index contributed by atoms with van der Waals surface area (Å²) in [5.74, 6) is 2.79. The molecule has 0 fully saturated rings. The number of anilines is 3. The Hall–Kier alpha value is -3.80. The molecule has 0 saturated carbocycles. The summed E-state index contributed by atoms with van der Waals surface area (Å²) in [6.07, 6.45) is 1.65. The molecule has 140 valence electrons. The van der Waals surface area contributed by atoms with Gasteiger partial charge >= 0.3 is 0 Å². The molecule has 0 saturated heterocycles. The number of nitrogens with zero attached hydrogens (tertiary/aromatic N) is 2. The maximum Gasteiger partial charge on any atom is 0.225 e. The van der Waals surface area contributed by atoms with Gasteiger partial charge < -0.3 is 19.8 Å². The molecule has 0 radical (unpaired) electrons. The van der Waals surface area contributed by atoms with Crippen molar-refractivity contribution in [1.82, 2.24) is 9.97 Å². The number of hydrogen-bond acceptors (Lipinski definition) is 6. The van der Waals surface area contributed by atoms with Crippen molar-refractivity contribution in [3.8, 4) is 17.0 Å². The highest BCUT2D eigenvalue weighted by atomic mass is 16.5. The molecule has 0 spiro atoms. The summed E-state index contributed by atoms with van der Waals surface area (Å²) in [6, 6.07) is 23.4. The van der Waals surface area contributed by atoms with Gasteiger partial charge in [0.15, 0.2) is 0 Å². The fourth-order valence-corrected chi connectivity index (χ4v) is 2.78. The van der Waals surface area contributed by atoms with Crippen molar-refractivity contribution in [1.29, 1.82) is 0 Å². The van der Waals surface area contributed by atoms with Crippen molar-refractivity contribution in [3.63, 3.8) is 0 Å². The average Bonchev–Trinajstić information content (AvgIpc) is 3.27. The van der Waals surface area contributed by atoms with Crippen LogP contribution < -0.4 is 15.4 Å². The average molecular weight is 372 g/mol. The van der Waals surface area contributed by atoms with E-state index in [-0.39, 0.29) is 0 Å². The highest BCUT2D eigenvalue weighted by Crippen LogP contribution is 2.25. The first-order valence-electron chi connectivity index (χ1n) is 8.92. The number of methoxy groups -OCH3 is 1. The molecule has 6 nitrogen and oxygen atoms in total. The van der Waals surface area contributed by atoms with Crippen LogP contribution in [0.3, 0.4) is 0 Å². The zero-order valence-corrected chi connectivity index (χ0v) is 15.4. The molecule has 0 unspecified atom stereocenters. The number of benzene rings is 2. The van der Waals surface area contributed by atoms with Crippen molar-refractivity contribution in [2.45, 2.75) is 6.54 Å². The maximum atomic E-state index is 5.37. The molecule has 4 aromatic rings. The Morgan fingerprint density at radius 3 is 2.61 bits per heavy atom. The summed E-state index contributed by atoms with van der Waals surface area (Å²) in [4.78, 5) is 9.24. The largest absolute Gasteiger partial charge is 0.497 e. The first kappa shape index (κ1) is 17.6. The Kier molecular flexibility index (Phi) is 5.20. The van der Waals surface area contributed by atoms with E-state index in [0.717, 1.165) is 28.5 Å². The highest BCUT2D eigenvalue weighted by Gasteiger charge is 2.08. The molecule has 2 aromatic carbocycles.